The van der Waals surface area contributed by atoms with Crippen molar-refractivity contribution in [2.75, 3.05) is 0 Å². The molecule has 1 aromatic heterocycles. The fraction of sp³-hybridized carbons (Fsp3) is 0.455. The maximum atomic E-state index is 8.80. The second kappa shape index (κ2) is 4.10. The molecule has 0 spiro atoms. The molecule has 14 heavy (non-hydrogen) atoms. The van der Waals surface area contributed by atoms with Crippen LogP contribution in [0.2, 0.25) is 0 Å². The Balaban J connectivity index is 2.11. The molecular formula is C11H12N2O. The molecule has 0 aliphatic heterocycles. The van der Waals surface area contributed by atoms with E-state index in [0.717, 1.165) is 12.8 Å². The number of pyridine rings is 1. The number of hydrogen-bond donors (Lipinski definition) is 0. The van der Waals surface area contributed by atoms with E-state index >= 15 is 0 Å². The second-order valence-electron chi connectivity index (χ2n) is 3.49. The van der Waals surface area contributed by atoms with Crippen molar-refractivity contribution >= 4 is 0 Å². The van der Waals surface area contributed by atoms with Crippen LogP contribution in [0.5, 0.6) is 5.75 Å². The predicted molar refractivity (Wildman–Crippen MR) is 51.8 cm³/mol. The number of ether oxygens (including phenoxy) is 1. The van der Waals surface area contributed by atoms with Gasteiger partial charge >= 0.3 is 0 Å². The monoisotopic (exact) mass is 188 g/mol. The van der Waals surface area contributed by atoms with E-state index in [2.05, 4.69) is 4.98 Å². The van der Waals surface area contributed by atoms with Crippen LogP contribution in [0.3, 0.4) is 0 Å². The van der Waals surface area contributed by atoms with Crippen LogP contribution in [0.1, 0.15) is 31.4 Å². The summed E-state index contributed by atoms with van der Waals surface area (Å²) in [5.41, 5.74) is 0.388. The lowest BCUT2D eigenvalue weighted by atomic mass is 10.3. The largest absolute Gasteiger partial charge is 0.487 e. The Kier molecular flexibility index (Phi) is 2.64. The summed E-state index contributed by atoms with van der Waals surface area (Å²) in [7, 11) is 0. The second-order valence-corrected chi connectivity index (χ2v) is 3.49. The van der Waals surface area contributed by atoms with Gasteiger partial charge in [-0.1, -0.05) is 0 Å². The van der Waals surface area contributed by atoms with Gasteiger partial charge in [0.15, 0.2) is 11.4 Å². The maximum absolute atomic E-state index is 8.80. The Labute approximate surface area is 83.3 Å². The number of hydrogen-bond acceptors (Lipinski definition) is 3. The number of nitriles is 1. The summed E-state index contributed by atoms with van der Waals surface area (Å²) in [5.74, 6) is 0.627. The first-order chi connectivity index (χ1) is 6.90. The van der Waals surface area contributed by atoms with Gasteiger partial charge in [0.25, 0.3) is 0 Å². The van der Waals surface area contributed by atoms with Crippen molar-refractivity contribution in [1.82, 2.24) is 4.98 Å². The molecule has 2 rings (SSSR count). The minimum Gasteiger partial charge on any atom is -0.487 e. The third-order valence-corrected chi connectivity index (χ3v) is 2.47. The molecule has 1 aliphatic carbocycles. The molecule has 0 N–H and O–H groups in total. The lowest BCUT2D eigenvalue weighted by molar-refractivity contribution is 0.208. The minimum atomic E-state index is 0.284. The lowest BCUT2D eigenvalue weighted by Gasteiger charge is -2.12. The Hall–Kier alpha value is -1.56. The number of nitrogens with zero attached hydrogens (tertiary/aromatic N) is 2. The molecule has 0 amide bonds. The van der Waals surface area contributed by atoms with Crippen molar-refractivity contribution in [3.63, 3.8) is 0 Å². The van der Waals surface area contributed by atoms with Gasteiger partial charge in [0.1, 0.15) is 6.07 Å². The first kappa shape index (κ1) is 9.01. The third-order valence-electron chi connectivity index (χ3n) is 2.47. The van der Waals surface area contributed by atoms with Crippen LogP contribution in [0, 0.1) is 11.3 Å². The average Bonchev–Trinajstić information content (AvgIpc) is 2.71. The number of rotatable bonds is 2. The van der Waals surface area contributed by atoms with Crippen LogP contribution < -0.4 is 4.74 Å². The van der Waals surface area contributed by atoms with E-state index in [-0.39, 0.29) is 6.10 Å². The van der Waals surface area contributed by atoms with Crippen molar-refractivity contribution in [2.45, 2.75) is 31.8 Å². The standard InChI is InChI=1S/C11H12N2O/c12-8-10-11(6-3-7-13-10)14-9-4-1-2-5-9/h3,6-7,9H,1-2,4-5H2. The Bertz CT molecular complexity index is 351. The van der Waals surface area contributed by atoms with Gasteiger partial charge in [0.2, 0.25) is 0 Å². The third kappa shape index (κ3) is 1.85. The zero-order valence-electron chi connectivity index (χ0n) is 7.94. The molecule has 1 aromatic rings. The summed E-state index contributed by atoms with van der Waals surface area (Å²) in [6, 6.07) is 5.64. The summed E-state index contributed by atoms with van der Waals surface area (Å²) < 4.78 is 5.71. The molecule has 1 fully saturated rings. The quantitative estimate of drug-likeness (QED) is 0.715. The highest BCUT2D eigenvalue weighted by Gasteiger charge is 2.17. The van der Waals surface area contributed by atoms with E-state index in [1.165, 1.54) is 12.8 Å². The van der Waals surface area contributed by atoms with Gasteiger partial charge in [-0.05, 0) is 37.8 Å². The average molecular weight is 188 g/mol. The Morgan fingerprint density at radius 2 is 2.21 bits per heavy atom. The van der Waals surface area contributed by atoms with Crippen molar-refractivity contribution in [1.29, 1.82) is 5.26 Å². The highest BCUT2D eigenvalue weighted by atomic mass is 16.5. The minimum absolute atomic E-state index is 0.284. The van der Waals surface area contributed by atoms with Gasteiger partial charge in [0, 0.05) is 6.20 Å². The van der Waals surface area contributed by atoms with Gasteiger partial charge in [-0.3, -0.25) is 0 Å². The molecule has 0 atom stereocenters. The molecule has 0 radical (unpaired) electrons. The molecule has 0 aromatic carbocycles. The zero-order valence-corrected chi connectivity index (χ0v) is 7.94. The van der Waals surface area contributed by atoms with E-state index in [1.54, 1.807) is 12.3 Å². The van der Waals surface area contributed by atoms with Crippen molar-refractivity contribution in [3.05, 3.63) is 24.0 Å². The summed E-state index contributed by atoms with van der Waals surface area (Å²) in [4.78, 5) is 3.95. The van der Waals surface area contributed by atoms with Gasteiger partial charge in [-0.15, -0.1) is 0 Å². The van der Waals surface area contributed by atoms with Crippen LogP contribution in [0.15, 0.2) is 18.3 Å². The molecule has 0 saturated heterocycles. The predicted octanol–water partition coefficient (Wildman–Crippen LogP) is 2.27. The van der Waals surface area contributed by atoms with Crippen molar-refractivity contribution in [2.24, 2.45) is 0 Å². The van der Waals surface area contributed by atoms with Crippen LogP contribution in [-0.2, 0) is 0 Å². The maximum Gasteiger partial charge on any atom is 0.182 e. The number of aromatic nitrogens is 1. The molecule has 72 valence electrons. The SMILES string of the molecule is N#Cc1ncccc1OC1CCCC1. The van der Waals surface area contributed by atoms with Crippen LogP contribution in [-0.4, -0.2) is 11.1 Å². The van der Waals surface area contributed by atoms with Gasteiger partial charge < -0.3 is 4.74 Å². The van der Waals surface area contributed by atoms with Gasteiger partial charge in [-0.25, -0.2) is 4.98 Å². The fourth-order valence-corrected chi connectivity index (χ4v) is 1.76. The van der Waals surface area contributed by atoms with Gasteiger partial charge in [-0.2, -0.15) is 5.26 Å². The van der Waals surface area contributed by atoms with E-state index in [0.29, 0.717) is 11.4 Å². The summed E-state index contributed by atoms with van der Waals surface area (Å²) in [6.07, 6.45) is 6.55. The first-order valence-corrected chi connectivity index (χ1v) is 4.92. The smallest absolute Gasteiger partial charge is 0.182 e. The molecule has 3 heteroatoms. The molecule has 0 bridgehead atoms. The van der Waals surface area contributed by atoms with E-state index in [9.17, 15) is 0 Å². The zero-order chi connectivity index (χ0) is 9.80. The highest BCUT2D eigenvalue weighted by Crippen LogP contribution is 2.25. The van der Waals surface area contributed by atoms with Gasteiger partial charge in [0.05, 0.1) is 6.10 Å². The molecular weight excluding hydrogens is 176 g/mol. The van der Waals surface area contributed by atoms with E-state index in [4.69, 9.17) is 10.00 Å². The van der Waals surface area contributed by atoms with E-state index < -0.39 is 0 Å². The Morgan fingerprint density at radius 1 is 1.43 bits per heavy atom. The van der Waals surface area contributed by atoms with E-state index in [1.807, 2.05) is 12.1 Å². The normalized spacial score (nSPS) is 16.5. The van der Waals surface area contributed by atoms with Crippen LogP contribution in [0.4, 0.5) is 0 Å². The molecule has 0 unspecified atom stereocenters. The molecule has 1 aliphatic rings. The van der Waals surface area contributed by atoms with Crippen LogP contribution in [0.25, 0.3) is 0 Å². The molecule has 3 nitrogen and oxygen atoms in total. The summed E-state index contributed by atoms with van der Waals surface area (Å²) >= 11 is 0. The lowest BCUT2D eigenvalue weighted by Crippen LogP contribution is -2.11. The van der Waals surface area contributed by atoms with Crippen molar-refractivity contribution in [3.8, 4) is 11.8 Å². The fourth-order valence-electron chi connectivity index (χ4n) is 1.76. The Morgan fingerprint density at radius 3 is 2.93 bits per heavy atom. The van der Waals surface area contributed by atoms with Crippen LogP contribution >= 0.6 is 0 Å². The van der Waals surface area contributed by atoms with Crippen molar-refractivity contribution < 1.29 is 4.74 Å². The molecule has 1 heterocycles. The molecule has 1 saturated carbocycles. The highest BCUT2D eigenvalue weighted by molar-refractivity contribution is 5.36. The summed E-state index contributed by atoms with van der Waals surface area (Å²) in [6.45, 7) is 0. The summed E-state index contributed by atoms with van der Waals surface area (Å²) in [5, 5.41) is 8.80. The topological polar surface area (TPSA) is 45.9 Å². The first-order valence-electron chi connectivity index (χ1n) is 4.92.